The zero-order valence-electron chi connectivity index (χ0n) is 15.3. The SMILES string of the molecule is COC(=O)[C@H](CC[S@@](=O)c1ccccc1)NC(=O)c1cnc2ccccc2c1. The predicted molar refractivity (Wildman–Crippen MR) is 107 cm³/mol. The molecular weight excluding hydrogens is 376 g/mol. The van der Waals surface area contributed by atoms with Crippen LogP contribution >= 0.6 is 0 Å². The molecule has 0 aliphatic rings. The number of ether oxygens (including phenoxy) is 1. The minimum absolute atomic E-state index is 0.195. The quantitative estimate of drug-likeness (QED) is 0.621. The van der Waals surface area contributed by atoms with Gasteiger partial charge in [-0.1, -0.05) is 36.4 Å². The van der Waals surface area contributed by atoms with Gasteiger partial charge in [-0.3, -0.25) is 14.0 Å². The highest BCUT2D eigenvalue weighted by molar-refractivity contribution is 7.85. The molecular formula is C21H20N2O4S. The molecule has 0 unspecified atom stereocenters. The Morgan fingerprint density at radius 3 is 2.57 bits per heavy atom. The summed E-state index contributed by atoms with van der Waals surface area (Å²) in [5.74, 6) is -0.786. The first-order valence-electron chi connectivity index (χ1n) is 8.75. The highest BCUT2D eigenvalue weighted by Gasteiger charge is 2.23. The van der Waals surface area contributed by atoms with E-state index in [1.807, 2.05) is 30.3 Å². The van der Waals surface area contributed by atoms with Crippen molar-refractivity contribution < 1.29 is 18.5 Å². The van der Waals surface area contributed by atoms with E-state index < -0.39 is 28.7 Å². The van der Waals surface area contributed by atoms with Crippen molar-refractivity contribution in [3.05, 3.63) is 72.4 Å². The van der Waals surface area contributed by atoms with Gasteiger partial charge in [-0.2, -0.15) is 0 Å². The second-order valence-corrected chi connectivity index (χ2v) is 7.69. The molecule has 28 heavy (non-hydrogen) atoms. The van der Waals surface area contributed by atoms with Gasteiger partial charge in [0.2, 0.25) is 0 Å². The molecule has 2 atom stereocenters. The zero-order chi connectivity index (χ0) is 19.9. The first-order valence-corrected chi connectivity index (χ1v) is 10.1. The summed E-state index contributed by atoms with van der Waals surface area (Å²) < 4.78 is 17.2. The highest BCUT2D eigenvalue weighted by atomic mass is 32.2. The van der Waals surface area contributed by atoms with Crippen LogP contribution in [-0.2, 0) is 20.3 Å². The van der Waals surface area contributed by atoms with Gasteiger partial charge in [-0.15, -0.1) is 0 Å². The van der Waals surface area contributed by atoms with Crippen molar-refractivity contribution >= 4 is 33.6 Å². The molecule has 0 spiro atoms. The fourth-order valence-corrected chi connectivity index (χ4v) is 3.89. The van der Waals surface area contributed by atoms with E-state index in [0.717, 1.165) is 10.9 Å². The number of rotatable bonds is 7. The van der Waals surface area contributed by atoms with Crippen molar-refractivity contribution in [1.29, 1.82) is 0 Å². The van der Waals surface area contributed by atoms with Crippen LogP contribution in [0.1, 0.15) is 16.8 Å². The Morgan fingerprint density at radius 2 is 1.82 bits per heavy atom. The van der Waals surface area contributed by atoms with E-state index in [2.05, 4.69) is 10.3 Å². The average molecular weight is 396 g/mol. The normalized spacial score (nSPS) is 12.9. The summed E-state index contributed by atoms with van der Waals surface area (Å²) in [5.41, 5.74) is 1.12. The van der Waals surface area contributed by atoms with Gasteiger partial charge in [0.25, 0.3) is 5.91 Å². The van der Waals surface area contributed by atoms with Crippen LogP contribution < -0.4 is 5.32 Å². The minimum Gasteiger partial charge on any atom is -0.467 e. The molecule has 3 aromatic rings. The number of nitrogens with zero attached hydrogens (tertiary/aromatic N) is 1. The number of hydrogen-bond donors (Lipinski definition) is 1. The van der Waals surface area contributed by atoms with Gasteiger partial charge in [0.15, 0.2) is 0 Å². The zero-order valence-corrected chi connectivity index (χ0v) is 16.1. The third-order valence-electron chi connectivity index (χ3n) is 4.24. The van der Waals surface area contributed by atoms with Gasteiger partial charge in [0.05, 0.1) is 29.0 Å². The number of pyridine rings is 1. The second-order valence-electron chi connectivity index (χ2n) is 6.12. The van der Waals surface area contributed by atoms with Crippen LogP contribution in [0.3, 0.4) is 0 Å². The molecule has 6 nitrogen and oxygen atoms in total. The fourth-order valence-electron chi connectivity index (χ4n) is 2.74. The number of benzene rings is 2. The summed E-state index contributed by atoms with van der Waals surface area (Å²) in [6.45, 7) is 0. The molecule has 3 rings (SSSR count). The predicted octanol–water partition coefficient (Wildman–Crippen LogP) is 2.70. The Labute approximate surface area is 165 Å². The lowest BCUT2D eigenvalue weighted by Gasteiger charge is -2.16. The minimum atomic E-state index is -1.27. The van der Waals surface area contributed by atoms with Crippen molar-refractivity contribution in [2.45, 2.75) is 17.4 Å². The summed E-state index contributed by atoms with van der Waals surface area (Å²) in [5, 5.41) is 3.50. The number of aromatic nitrogens is 1. The van der Waals surface area contributed by atoms with Crippen molar-refractivity contribution in [2.24, 2.45) is 0 Å². The Morgan fingerprint density at radius 1 is 1.11 bits per heavy atom. The van der Waals surface area contributed by atoms with Crippen LogP contribution in [-0.4, -0.2) is 40.0 Å². The second kappa shape index (κ2) is 9.23. The number of nitrogens with one attached hydrogen (secondary N) is 1. The molecule has 0 radical (unpaired) electrons. The molecule has 0 saturated carbocycles. The Kier molecular flexibility index (Phi) is 6.49. The number of carbonyl (C=O) groups excluding carboxylic acids is 2. The highest BCUT2D eigenvalue weighted by Crippen LogP contribution is 2.13. The van der Waals surface area contributed by atoms with Crippen LogP contribution in [0.2, 0.25) is 0 Å². The van der Waals surface area contributed by atoms with E-state index in [0.29, 0.717) is 10.5 Å². The largest absolute Gasteiger partial charge is 0.467 e. The number of hydrogen-bond acceptors (Lipinski definition) is 5. The van der Waals surface area contributed by atoms with Gasteiger partial charge < -0.3 is 10.1 Å². The van der Waals surface area contributed by atoms with Crippen LogP contribution in [0, 0.1) is 0 Å². The molecule has 144 valence electrons. The maximum absolute atomic E-state index is 12.6. The smallest absolute Gasteiger partial charge is 0.328 e. The summed E-state index contributed by atoms with van der Waals surface area (Å²) in [6, 6.07) is 17.3. The molecule has 0 aliphatic heterocycles. The van der Waals surface area contributed by atoms with Crippen molar-refractivity contribution in [1.82, 2.24) is 10.3 Å². The maximum atomic E-state index is 12.6. The van der Waals surface area contributed by atoms with E-state index in [9.17, 15) is 13.8 Å². The molecule has 1 amide bonds. The Bertz CT molecular complexity index is 1010. The van der Waals surface area contributed by atoms with Gasteiger partial charge in [0.1, 0.15) is 6.04 Å². The molecule has 1 heterocycles. The van der Waals surface area contributed by atoms with Gasteiger partial charge in [-0.05, 0) is 30.7 Å². The molecule has 1 aromatic heterocycles. The summed E-state index contributed by atoms with van der Waals surface area (Å²) in [6.07, 6.45) is 1.66. The molecule has 1 N–H and O–H groups in total. The lowest BCUT2D eigenvalue weighted by Crippen LogP contribution is -2.42. The number of carbonyl (C=O) groups is 2. The van der Waals surface area contributed by atoms with E-state index in [1.54, 1.807) is 30.3 Å². The molecule has 0 fully saturated rings. The van der Waals surface area contributed by atoms with E-state index in [1.165, 1.54) is 13.3 Å². The first kappa shape index (κ1) is 19.7. The van der Waals surface area contributed by atoms with E-state index in [4.69, 9.17) is 4.74 Å². The van der Waals surface area contributed by atoms with Crippen molar-refractivity contribution in [2.75, 3.05) is 12.9 Å². The molecule has 0 saturated heterocycles. The van der Waals surface area contributed by atoms with E-state index in [-0.39, 0.29) is 12.2 Å². The number of amides is 1. The lowest BCUT2D eigenvalue weighted by atomic mass is 10.1. The van der Waals surface area contributed by atoms with Gasteiger partial charge in [0, 0.05) is 22.2 Å². The van der Waals surface area contributed by atoms with Gasteiger partial charge >= 0.3 is 5.97 Å². The standard InChI is InChI=1S/C21H20N2O4S/c1-27-21(25)19(11-12-28(26)17-8-3-2-4-9-17)23-20(24)16-13-15-7-5-6-10-18(15)22-14-16/h2-10,13-14,19H,11-12H2,1H3,(H,23,24)/t19-,28+/m0/s1. The molecule has 2 aromatic carbocycles. The van der Waals surface area contributed by atoms with E-state index >= 15 is 0 Å². The fraction of sp³-hybridized carbons (Fsp3) is 0.190. The molecule has 0 aliphatic carbocycles. The van der Waals surface area contributed by atoms with Crippen molar-refractivity contribution in [3.8, 4) is 0 Å². The van der Waals surface area contributed by atoms with Crippen LogP contribution in [0.5, 0.6) is 0 Å². The van der Waals surface area contributed by atoms with Gasteiger partial charge in [-0.25, -0.2) is 4.79 Å². The lowest BCUT2D eigenvalue weighted by molar-refractivity contribution is -0.142. The number of fused-ring (bicyclic) bond motifs is 1. The third kappa shape index (κ3) is 4.80. The maximum Gasteiger partial charge on any atom is 0.328 e. The summed E-state index contributed by atoms with van der Waals surface area (Å²) in [7, 11) is -0.0147. The first-order chi connectivity index (χ1) is 13.6. The van der Waals surface area contributed by atoms with Crippen LogP contribution in [0.4, 0.5) is 0 Å². The Balaban J connectivity index is 1.69. The third-order valence-corrected chi connectivity index (χ3v) is 5.65. The topological polar surface area (TPSA) is 85.4 Å². The van der Waals surface area contributed by atoms with Crippen LogP contribution in [0.25, 0.3) is 10.9 Å². The number of methoxy groups -OCH3 is 1. The van der Waals surface area contributed by atoms with Crippen LogP contribution in [0.15, 0.2) is 71.8 Å². The number of para-hydroxylation sites is 1. The Hall–Kier alpha value is -3.06. The molecule has 0 bridgehead atoms. The average Bonchev–Trinajstić information content (AvgIpc) is 2.75. The number of esters is 1. The summed E-state index contributed by atoms with van der Waals surface area (Å²) >= 11 is 0. The monoisotopic (exact) mass is 396 g/mol. The molecule has 7 heteroatoms. The van der Waals surface area contributed by atoms with Crippen molar-refractivity contribution in [3.63, 3.8) is 0 Å². The summed E-state index contributed by atoms with van der Waals surface area (Å²) in [4.78, 5) is 29.6.